The highest BCUT2D eigenvalue weighted by Gasteiger charge is 2.24. The quantitative estimate of drug-likeness (QED) is 0.777. The predicted octanol–water partition coefficient (Wildman–Crippen LogP) is 1.75. The summed E-state index contributed by atoms with van der Waals surface area (Å²) in [7, 11) is 3.37. The third kappa shape index (κ3) is 3.79. The Hall–Kier alpha value is -2.64. The first-order chi connectivity index (χ1) is 12.2. The largest absolute Gasteiger partial charge is 0.480 e. The summed E-state index contributed by atoms with van der Waals surface area (Å²) in [6.45, 7) is 7.38. The predicted molar refractivity (Wildman–Crippen MR) is 97.3 cm³/mol. The number of carbonyl (C=O) groups excluding carboxylic acids is 1. The number of fused-ring (bicyclic) bond motifs is 1. The van der Waals surface area contributed by atoms with Crippen LogP contribution in [-0.4, -0.2) is 44.9 Å². The van der Waals surface area contributed by atoms with Gasteiger partial charge in [-0.25, -0.2) is 14.5 Å². The molecule has 0 aliphatic carbocycles. The van der Waals surface area contributed by atoms with Crippen molar-refractivity contribution in [2.45, 2.75) is 46.6 Å². The number of carboxylic acids is 1. The number of pyridine rings is 1. The van der Waals surface area contributed by atoms with E-state index in [-0.39, 0.29) is 18.2 Å². The average Bonchev–Trinajstić information content (AvgIpc) is 2.88. The summed E-state index contributed by atoms with van der Waals surface area (Å²) in [4.78, 5) is 28.0. The molecule has 1 amide bonds. The minimum atomic E-state index is -1.02. The van der Waals surface area contributed by atoms with E-state index in [0.29, 0.717) is 12.3 Å². The second-order valence-corrected chi connectivity index (χ2v) is 6.76. The zero-order chi connectivity index (χ0) is 19.6. The SMILES string of the molecule is COc1nn(C)c2nc(C)c(CCC(=O)N[C@H](C(=O)O)C(C)C)c(C)c12. The Bertz CT molecular complexity index is 842. The fourth-order valence-electron chi connectivity index (χ4n) is 3.10. The summed E-state index contributed by atoms with van der Waals surface area (Å²) >= 11 is 0. The standard InChI is InChI=1S/C18H26N4O4/c1-9(2)15(18(24)25)20-13(23)8-7-12-10(3)14-16(19-11(12)4)22(5)21-17(14)26-6/h9,15H,7-8H2,1-6H3,(H,20,23)(H,24,25)/t15-/m0/s1. The number of amides is 1. The van der Waals surface area contributed by atoms with Gasteiger partial charge in [0.25, 0.3) is 0 Å². The van der Waals surface area contributed by atoms with E-state index in [1.807, 2.05) is 20.9 Å². The maximum atomic E-state index is 12.2. The Morgan fingerprint density at radius 1 is 1.31 bits per heavy atom. The van der Waals surface area contributed by atoms with Crippen LogP contribution in [0.2, 0.25) is 0 Å². The van der Waals surface area contributed by atoms with Gasteiger partial charge in [-0.15, -0.1) is 5.10 Å². The Balaban J connectivity index is 2.23. The van der Waals surface area contributed by atoms with Gasteiger partial charge in [0.15, 0.2) is 5.65 Å². The average molecular weight is 362 g/mol. The summed E-state index contributed by atoms with van der Waals surface area (Å²) in [5.74, 6) is -0.992. The van der Waals surface area contributed by atoms with E-state index in [9.17, 15) is 14.7 Å². The van der Waals surface area contributed by atoms with E-state index < -0.39 is 12.0 Å². The number of nitrogens with zero attached hydrogens (tertiary/aromatic N) is 3. The third-order valence-electron chi connectivity index (χ3n) is 4.57. The van der Waals surface area contributed by atoms with Crippen molar-refractivity contribution < 1.29 is 19.4 Å². The Labute approximate surface area is 152 Å². The number of hydrogen-bond donors (Lipinski definition) is 2. The van der Waals surface area contributed by atoms with Crippen molar-refractivity contribution in [3.05, 3.63) is 16.8 Å². The zero-order valence-electron chi connectivity index (χ0n) is 16.1. The van der Waals surface area contributed by atoms with Gasteiger partial charge in [-0.05, 0) is 37.3 Å². The van der Waals surface area contributed by atoms with Crippen molar-refractivity contribution in [3.8, 4) is 5.88 Å². The number of rotatable bonds is 7. The van der Waals surface area contributed by atoms with Crippen LogP contribution in [0.25, 0.3) is 11.0 Å². The molecule has 0 saturated carbocycles. The number of ether oxygens (including phenoxy) is 1. The molecule has 0 radical (unpaired) electrons. The molecule has 2 aromatic heterocycles. The zero-order valence-corrected chi connectivity index (χ0v) is 16.1. The molecule has 2 aromatic rings. The minimum absolute atomic E-state index is 0.183. The van der Waals surface area contributed by atoms with Crippen LogP contribution in [0.3, 0.4) is 0 Å². The molecule has 2 N–H and O–H groups in total. The molecule has 26 heavy (non-hydrogen) atoms. The molecule has 142 valence electrons. The van der Waals surface area contributed by atoms with Crippen molar-refractivity contribution in [3.63, 3.8) is 0 Å². The second-order valence-electron chi connectivity index (χ2n) is 6.76. The van der Waals surface area contributed by atoms with Crippen LogP contribution < -0.4 is 10.1 Å². The normalized spacial score (nSPS) is 12.4. The highest BCUT2D eigenvalue weighted by molar-refractivity contribution is 5.87. The van der Waals surface area contributed by atoms with Crippen LogP contribution in [-0.2, 0) is 23.1 Å². The maximum Gasteiger partial charge on any atom is 0.326 e. The molecule has 0 unspecified atom stereocenters. The highest BCUT2D eigenvalue weighted by atomic mass is 16.5. The first-order valence-electron chi connectivity index (χ1n) is 8.56. The van der Waals surface area contributed by atoms with Crippen molar-refractivity contribution in [1.29, 1.82) is 0 Å². The molecule has 0 saturated heterocycles. The number of nitrogens with one attached hydrogen (secondary N) is 1. The summed E-state index contributed by atoms with van der Waals surface area (Å²) in [5.41, 5.74) is 3.49. The molecule has 0 fully saturated rings. The van der Waals surface area contributed by atoms with E-state index in [1.165, 1.54) is 0 Å². The molecule has 8 nitrogen and oxygen atoms in total. The van der Waals surface area contributed by atoms with Crippen molar-refractivity contribution in [1.82, 2.24) is 20.1 Å². The molecular formula is C18H26N4O4. The summed E-state index contributed by atoms with van der Waals surface area (Å²) in [6, 6.07) is -0.885. The Kier molecular flexibility index (Phi) is 5.84. The van der Waals surface area contributed by atoms with Crippen molar-refractivity contribution in [2.24, 2.45) is 13.0 Å². The lowest BCUT2D eigenvalue weighted by Gasteiger charge is -2.18. The fourth-order valence-corrected chi connectivity index (χ4v) is 3.10. The number of aromatic nitrogens is 3. The molecular weight excluding hydrogens is 336 g/mol. The van der Waals surface area contributed by atoms with Gasteiger partial charge in [0.2, 0.25) is 11.8 Å². The maximum absolute atomic E-state index is 12.2. The molecule has 0 aromatic carbocycles. The number of carbonyl (C=O) groups is 2. The van der Waals surface area contributed by atoms with Gasteiger partial charge in [0.1, 0.15) is 6.04 Å². The molecule has 1 atom stereocenters. The van der Waals surface area contributed by atoms with Crippen LogP contribution in [0.15, 0.2) is 0 Å². The Morgan fingerprint density at radius 3 is 2.50 bits per heavy atom. The first-order valence-corrected chi connectivity index (χ1v) is 8.56. The van der Waals surface area contributed by atoms with Crippen molar-refractivity contribution in [2.75, 3.05) is 7.11 Å². The monoisotopic (exact) mass is 362 g/mol. The second kappa shape index (κ2) is 7.72. The molecule has 2 rings (SSSR count). The number of aryl methyl sites for hydroxylation is 3. The number of hydrogen-bond acceptors (Lipinski definition) is 5. The van der Waals surface area contributed by atoms with Gasteiger partial charge in [-0.1, -0.05) is 13.8 Å². The highest BCUT2D eigenvalue weighted by Crippen LogP contribution is 2.30. The summed E-state index contributed by atoms with van der Waals surface area (Å²) < 4.78 is 7.01. The van der Waals surface area contributed by atoms with Gasteiger partial charge in [-0.3, -0.25) is 4.79 Å². The molecule has 8 heteroatoms. The van der Waals surface area contributed by atoms with Gasteiger partial charge in [0.05, 0.1) is 12.5 Å². The van der Waals surface area contributed by atoms with Crippen LogP contribution >= 0.6 is 0 Å². The van der Waals surface area contributed by atoms with Gasteiger partial charge in [-0.2, -0.15) is 0 Å². The topological polar surface area (TPSA) is 106 Å². The summed E-state index contributed by atoms with van der Waals surface area (Å²) in [5, 5.41) is 16.9. The number of carboxylic acid groups (broad SMARTS) is 1. The van der Waals surface area contributed by atoms with E-state index in [4.69, 9.17) is 4.74 Å². The smallest absolute Gasteiger partial charge is 0.326 e. The molecule has 0 bridgehead atoms. The van der Waals surface area contributed by atoms with E-state index in [0.717, 1.165) is 27.9 Å². The van der Waals surface area contributed by atoms with Crippen LogP contribution in [0.1, 0.15) is 37.1 Å². The van der Waals surface area contributed by atoms with Crippen LogP contribution in [0.4, 0.5) is 0 Å². The van der Waals surface area contributed by atoms with E-state index in [1.54, 1.807) is 25.6 Å². The van der Waals surface area contributed by atoms with E-state index >= 15 is 0 Å². The van der Waals surface area contributed by atoms with Gasteiger partial charge < -0.3 is 15.2 Å². The minimum Gasteiger partial charge on any atom is -0.480 e. The number of aliphatic carboxylic acids is 1. The van der Waals surface area contributed by atoms with Gasteiger partial charge >= 0.3 is 5.97 Å². The van der Waals surface area contributed by atoms with E-state index in [2.05, 4.69) is 15.4 Å². The molecule has 0 aliphatic rings. The number of methoxy groups -OCH3 is 1. The fraction of sp³-hybridized carbons (Fsp3) is 0.556. The summed E-state index contributed by atoms with van der Waals surface area (Å²) in [6.07, 6.45) is 0.656. The van der Waals surface area contributed by atoms with Crippen LogP contribution in [0, 0.1) is 19.8 Å². The molecule has 0 spiro atoms. The molecule has 2 heterocycles. The third-order valence-corrected chi connectivity index (χ3v) is 4.57. The lowest BCUT2D eigenvalue weighted by Crippen LogP contribution is -2.44. The Morgan fingerprint density at radius 2 is 1.96 bits per heavy atom. The van der Waals surface area contributed by atoms with Crippen molar-refractivity contribution >= 4 is 22.9 Å². The lowest BCUT2D eigenvalue weighted by atomic mass is 9.99. The van der Waals surface area contributed by atoms with Crippen LogP contribution in [0.5, 0.6) is 5.88 Å². The molecule has 0 aliphatic heterocycles. The lowest BCUT2D eigenvalue weighted by molar-refractivity contribution is -0.143. The first kappa shape index (κ1) is 19.7. The van der Waals surface area contributed by atoms with Gasteiger partial charge in [0, 0.05) is 19.2 Å².